The van der Waals surface area contributed by atoms with Gasteiger partial charge >= 0.3 is 17.6 Å². The van der Waals surface area contributed by atoms with Gasteiger partial charge in [-0.15, -0.1) is 0 Å². The van der Waals surface area contributed by atoms with E-state index in [1.165, 1.54) is 20.1 Å². The van der Waals surface area contributed by atoms with Gasteiger partial charge in [-0.1, -0.05) is 5.57 Å². The average Bonchev–Trinajstić information content (AvgIpc) is 3.04. The van der Waals surface area contributed by atoms with Crippen molar-refractivity contribution in [3.8, 4) is 11.5 Å². The highest BCUT2D eigenvalue weighted by Gasteiger charge is 2.26. The third kappa shape index (κ3) is 5.08. The smallest absolute Gasteiger partial charge is 0.337 e. The van der Waals surface area contributed by atoms with Crippen LogP contribution in [0.2, 0.25) is 0 Å². The predicted octanol–water partition coefficient (Wildman–Crippen LogP) is 2.93. The minimum atomic E-state index is -0.479. The largest absolute Gasteiger partial charge is 0.490 e. The summed E-state index contributed by atoms with van der Waals surface area (Å²) in [5, 5.41) is 0.727. The van der Waals surface area contributed by atoms with Crippen molar-refractivity contribution in [1.29, 1.82) is 0 Å². The first kappa shape index (κ1) is 21.2. The Hall–Kier alpha value is -3.55. The molecular weight excluding hydrogens is 392 g/mol. The molecule has 1 aromatic heterocycles. The Morgan fingerprint density at radius 2 is 1.93 bits per heavy atom. The van der Waals surface area contributed by atoms with Gasteiger partial charge in [-0.3, -0.25) is 4.79 Å². The summed E-state index contributed by atoms with van der Waals surface area (Å²) in [6, 6.07) is 6.52. The van der Waals surface area contributed by atoms with Crippen LogP contribution in [0.25, 0.3) is 11.0 Å². The summed E-state index contributed by atoms with van der Waals surface area (Å²) in [6.07, 6.45) is 3.60. The van der Waals surface area contributed by atoms with Gasteiger partial charge < -0.3 is 23.4 Å². The van der Waals surface area contributed by atoms with Crippen molar-refractivity contribution in [2.24, 2.45) is 0 Å². The lowest BCUT2D eigenvalue weighted by Crippen LogP contribution is -2.11. The monoisotopic (exact) mass is 414 g/mol. The molecule has 0 aliphatic carbocycles. The number of methoxy groups -OCH3 is 1. The van der Waals surface area contributed by atoms with Gasteiger partial charge in [0.2, 0.25) is 5.75 Å². The summed E-state index contributed by atoms with van der Waals surface area (Å²) in [7, 11) is 1.48. The van der Waals surface area contributed by atoms with E-state index in [2.05, 4.69) is 0 Å². The van der Waals surface area contributed by atoms with Crippen LogP contribution in [0, 0.1) is 0 Å². The molecule has 0 unspecified atom stereocenters. The Balaban J connectivity index is 1.62. The molecule has 8 heteroatoms. The van der Waals surface area contributed by atoms with Crippen LogP contribution in [0.4, 0.5) is 0 Å². The van der Waals surface area contributed by atoms with Gasteiger partial charge in [0.1, 0.15) is 19.3 Å². The first-order valence-electron chi connectivity index (χ1n) is 9.31. The molecule has 3 rings (SSSR count). The number of esters is 2. The summed E-state index contributed by atoms with van der Waals surface area (Å²) in [5.74, 6) is -0.144. The molecule has 158 valence electrons. The van der Waals surface area contributed by atoms with Crippen molar-refractivity contribution in [3.05, 3.63) is 58.0 Å². The number of carbonyl (C=O) groups is 2. The fourth-order valence-electron chi connectivity index (χ4n) is 3.00. The van der Waals surface area contributed by atoms with Crippen molar-refractivity contribution in [2.45, 2.75) is 26.4 Å². The highest BCUT2D eigenvalue weighted by atomic mass is 16.6. The maximum Gasteiger partial charge on any atom is 0.337 e. The van der Waals surface area contributed by atoms with Crippen molar-refractivity contribution in [1.82, 2.24) is 0 Å². The zero-order valence-electron chi connectivity index (χ0n) is 16.9. The second kappa shape index (κ2) is 9.30. The quantitative estimate of drug-likeness (QED) is 0.369. The third-order valence-electron chi connectivity index (χ3n) is 4.44. The van der Waals surface area contributed by atoms with Crippen molar-refractivity contribution in [2.75, 3.05) is 20.3 Å². The highest BCUT2D eigenvalue weighted by Crippen LogP contribution is 2.34. The number of hydrogen-bond acceptors (Lipinski definition) is 8. The molecule has 0 bridgehead atoms. The molecular formula is C22H22O8. The maximum atomic E-state index is 11.8. The van der Waals surface area contributed by atoms with Crippen LogP contribution in [0.1, 0.15) is 20.3 Å². The molecule has 1 aliphatic rings. The molecule has 0 saturated carbocycles. The van der Waals surface area contributed by atoms with Gasteiger partial charge in [-0.2, -0.15) is 0 Å². The van der Waals surface area contributed by atoms with E-state index in [0.717, 1.165) is 11.0 Å². The Morgan fingerprint density at radius 1 is 1.17 bits per heavy atom. The average molecular weight is 414 g/mol. The number of rotatable bonds is 8. The summed E-state index contributed by atoms with van der Waals surface area (Å²) >= 11 is 0. The molecule has 0 N–H and O–H groups in total. The molecule has 1 aromatic carbocycles. The molecule has 1 aliphatic heterocycles. The molecule has 0 amide bonds. The third-order valence-corrected chi connectivity index (χ3v) is 4.44. The van der Waals surface area contributed by atoms with E-state index < -0.39 is 23.7 Å². The van der Waals surface area contributed by atoms with Crippen LogP contribution in [0.15, 0.2) is 56.8 Å². The minimum Gasteiger partial charge on any atom is -0.490 e. The molecule has 8 nitrogen and oxygen atoms in total. The summed E-state index contributed by atoms with van der Waals surface area (Å²) in [5.41, 5.74) is 1.14. The zero-order chi connectivity index (χ0) is 21.7. The van der Waals surface area contributed by atoms with Crippen LogP contribution in [0.3, 0.4) is 0 Å². The number of benzene rings is 1. The Labute approximate surface area is 172 Å². The van der Waals surface area contributed by atoms with Crippen LogP contribution >= 0.6 is 0 Å². The van der Waals surface area contributed by atoms with Crippen LogP contribution in [-0.4, -0.2) is 38.4 Å². The van der Waals surface area contributed by atoms with E-state index in [0.29, 0.717) is 29.1 Å². The van der Waals surface area contributed by atoms with Gasteiger partial charge in [-0.05, 0) is 37.3 Å². The van der Waals surface area contributed by atoms with Crippen molar-refractivity contribution < 1.29 is 33.0 Å². The van der Waals surface area contributed by atoms with E-state index in [4.69, 9.17) is 23.4 Å². The molecule has 2 heterocycles. The van der Waals surface area contributed by atoms with Crippen LogP contribution < -0.4 is 15.1 Å². The van der Waals surface area contributed by atoms with Gasteiger partial charge in [0.15, 0.2) is 11.3 Å². The predicted molar refractivity (Wildman–Crippen MR) is 108 cm³/mol. The van der Waals surface area contributed by atoms with E-state index in [9.17, 15) is 14.4 Å². The van der Waals surface area contributed by atoms with Crippen molar-refractivity contribution >= 4 is 22.9 Å². The normalized spacial score (nSPS) is 16.2. The number of cyclic esters (lactones) is 1. The second-order valence-electron chi connectivity index (χ2n) is 6.75. The lowest BCUT2D eigenvalue weighted by molar-refractivity contribution is -0.142. The second-order valence-corrected chi connectivity index (χ2v) is 6.75. The lowest BCUT2D eigenvalue weighted by Gasteiger charge is -2.12. The molecule has 0 radical (unpaired) electrons. The fraction of sp³-hybridized carbons (Fsp3) is 0.318. The molecule has 30 heavy (non-hydrogen) atoms. The molecule has 1 atom stereocenters. The van der Waals surface area contributed by atoms with Crippen LogP contribution in [-0.2, 0) is 19.1 Å². The minimum absolute atomic E-state index is 0.0889. The first-order chi connectivity index (χ1) is 14.4. The van der Waals surface area contributed by atoms with Gasteiger partial charge in [-0.25, -0.2) is 9.59 Å². The topological polar surface area (TPSA) is 101 Å². The molecule has 0 spiro atoms. The van der Waals surface area contributed by atoms with Gasteiger partial charge in [0.05, 0.1) is 12.7 Å². The van der Waals surface area contributed by atoms with Crippen LogP contribution in [0.5, 0.6) is 11.5 Å². The standard InChI is InChI=1S/C22H22O8/c1-13(10-17-11-16(22(25)29-17)12-28-14(2)23)8-9-27-18-6-4-15-5-7-19(24)30-20(15)21(18)26-3/h4-8,11,17H,9-10,12H2,1-3H3/b13-8+/t17-/m0/s1. The number of fused-ring (bicyclic) bond motifs is 1. The lowest BCUT2D eigenvalue weighted by atomic mass is 10.1. The van der Waals surface area contributed by atoms with E-state index in [1.54, 1.807) is 24.3 Å². The van der Waals surface area contributed by atoms with E-state index in [-0.39, 0.29) is 13.2 Å². The zero-order valence-corrected chi connectivity index (χ0v) is 16.9. The summed E-state index contributed by atoms with van der Waals surface area (Å²) in [6.45, 7) is 3.33. The number of ether oxygens (including phenoxy) is 4. The number of carbonyl (C=O) groups excluding carboxylic acids is 2. The fourth-order valence-corrected chi connectivity index (χ4v) is 3.00. The highest BCUT2D eigenvalue weighted by molar-refractivity contribution is 5.91. The van der Waals surface area contributed by atoms with E-state index >= 15 is 0 Å². The molecule has 0 fully saturated rings. The number of hydrogen-bond donors (Lipinski definition) is 0. The van der Waals surface area contributed by atoms with E-state index in [1.807, 2.05) is 13.0 Å². The molecule has 2 aromatic rings. The maximum absolute atomic E-state index is 11.8. The first-order valence-corrected chi connectivity index (χ1v) is 9.31. The van der Waals surface area contributed by atoms with Crippen molar-refractivity contribution in [3.63, 3.8) is 0 Å². The summed E-state index contributed by atoms with van der Waals surface area (Å²) in [4.78, 5) is 34.2. The van der Waals surface area contributed by atoms with Gasteiger partial charge in [0, 0.05) is 24.8 Å². The summed E-state index contributed by atoms with van der Waals surface area (Å²) < 4.78 is 26.5. The van der Waals surface area contributed by atoms with Gasteiger partial charge in [0.25, 0.3) is 0 Å². The Morgan fingerprint density at radius 3 is 2.67 bits per heavy atom. The Kier molecular flexibility index (Phi) is 6.56. The SMILES string of the molecule is COc1c(OC/C=C(\C)C[C@H]2C=C(COC(C)=O)C(=O)O2)ccc2ccc(=O)oc12. The Bertz CT molecular complexity index is 1080. The molecule has 0 saturated heterocycles.